The molecule has 7 nitrogen and oxygen atoms in total. The van der Waals surface area contributed by atoms with E-state index in [9.17, 15) is 14.9 Å². The molecule has 4 aromatic rings. The predicted molar refractivity (Wildman–Crippen MR) is 109 cm³/mol. The molecule has 1 N–H and O–H groups in total. The van der Waals surface area contributed by atoms with Crippen LogP contribution in [0.2, 0.25) is 4.34 Å². The highest BCUT2D eigenvalue weighted by Crippen LogP contribution is 2.32. The van der Waals surface area contributed by atoms with Gasteiger partial charge in [0.15, 0.2) is 0 Å². The van der Waals surface area contributed by atoms with Crippen molar-refractivity contribution in [1.29, 1.82) is 0 Å². The van der Waals surface area contributed by atoms with Crippen LogP contribution in [0, 0.1) is 10.1 Å². The maximum atomic E-state index is 12.9. The lowest BCUT2D eigenvalue weighted by molar-refractivity contribution is -0.385. The number of thiophene rings is 1. The number of hydrogen-bond acceptors (Lipinski definition) is 6. The van der Waals surface area contributed by atoms with Crippen molar-refractivity contribution < 1.29 is 9.72 Å². The number of rotatable bonds is 4. The second-order valence-electron chi connectivity index (χ2n) is 5.79. The second-order valence-corrected chi connectivity index (χ2v) is 7.50. The maximum Gasteiger partial charge on any atom is 0.287 e. The Labute approximate surface area is 167 Å². The van der Waals surface area contributed by atoms with Gasteiger partial charge >= 0.3 is 0 Å². The minimum Gasteiger partial charge on any atom is -0.307 e. The molecule has 3 heterocycles. The quantitative estimate of drug-likeness (QED) is 0.369. The molecule has 0 saturated heterocycles. The molecule has 0 atom stereocenters. The Balaban J connectivity index is 1.73. The molecule has 9 heteroatoms. The van der Waals surface area contributed by atoms with Crippen molar-refractivity contribution in [3.8, 4) is 10.6 Å². The van der Waals surface area contributed by atoms with Gasteiger partial charge in [-0.1, -0.05) is 29.8 Å². The summed E-state index contributed by atoms with van der Waals surface area (Å²) >= 11 is 7.40. The molecule has 0 fully saturated rings. The number of anilines is 1. The van der Waals surface area contributed by atoms with Crippen molar-refractivity contribution in [2.24, 2.45) is 0 Å². The molecule has 0 radical (unpaired) electrons. The lowest BCUT2D eigenvalue weighted by Crippen LogP contribution is -2.14. The number of para-hydroxylation sites is 1. The van der Waals surface area contributed by atoms with Crippen molar-refractivity contribution in [3.63, 3.8) is 0 Å². The van der Waals surface area contributed by atoms with Crippen LogP contribution in [0.15, 0.2) is 60.8 Å². The second kappa shape index (κ2) is 7.34. The van der Waals surface area contributed by atoms with E-state index in [-0.39, 0.29) is 17.4 Å². The first-order valence-electron chi connectivity index (χ1n) is 8.08. The molecule has 0 unspecified atom stereocenters. The number of aromatic nitrogens is 2. The molecular weight excluding hydrogens is 400 g/mol. The van der Waals surface area contributed by atoms with E-state index in [1.165, 1.54) is 23.5 Å². The van der Waals surface area contributed by atoms with Crippen LogP contribution >= 0.6 is 22.9 Å². The molecule has 0 aliphatic rings. The molecule has 0 aliphatic heterocycles. The van der Waals surface area contributed by atoms with Gasteiger partial charge in [-0.05, 0) is 30.3 Å². The van der Waals surface area contributed by atoms with E-state index < -0.39 is 4.92 Å². The Hall–Kier alpha value is -3.36. The first-order chi connectivity index (χ1) is 13.5. The van der Waals surface area contributed by atoms with E-state index in [2.05, 4.69) is 15.3 Å². The van der Waals surface area contributed by atoms with E-state index in [1.54, 1.807) is 12.1 Å². The summed E-state index contributed by atoms with van der Waals surface area (Å²) in [5.74, 6) is -0.166. The topological polar surface area (TPSA) is 98.0 Å². The Morgan fingerprint density at radius 2 is 1.96 bits per heavy atom. The van der Waals surface area contributed by atoms with E-state index in [4.69, 9.17) is 11.6 Å². The monoisotopic (exact) mass is 410 g/mol. The lowest BCUT2D eigenvalue weighted by Gasteiger charge is -2.09. The number of nitro groups is 1. The molecule has 0 saturated carbocycles. The van der Waals surface area contributed by atoms with Gasteiger partial charge in [0, 0.05) is 11.5 Å². The average Bonchev–Trinajstić information content (AvgIpc) is 3.14. The zero-order valence-electron chi connectivity index (χ0n) is 14.1. The highest BCUT2D eigenvalue weighted by molar-refractivity contribution is 7.19. The third-order valence-corrected chi connectivity index (χ3v) is 5.24. The molecule has 0 aliphatic carbocycles. The van der Waals surface area contributed by atoms with Gasteiger partial charge in [-0.3, -0.25) is 14.9 Å². The fourth-order valence-corrected chi connectivity index (χ4v) is 3.70. The van der Waals surface area contributed by atoms with Gasteiger partial charge in [0.05, 0.1) is 30.9 Å². The van der Waals surface area contributed by atoms with Crippen LogP contribution in [-0.4, -0.2) is 20.8 Å². The van der Waals surface area contributed by atoms with Crippen molar-refractivity contribution in [2.75, 3.05) is 5.32 Å². The van der Waals surface area contributed by atoms with Gasteiger partial charge < -0.3 is 5.32 Å². The Morgan fingerprint density at radius 1 is 1.14 bits per heavy atom. The van der Waals surface area contributed by atoms with Crippen LogP contribution in [0.3, 0.4) is 0 Å². The van der Waals surface area contributed by atoms with E-state index in [0.717, 1.165) is 11.1 Å². The van der Waals surface area contributed by atoms with Gasteiger partial charge in [0.25, 0.3) is 11.6 Å². The van der Waals surface area contributed by atoms with Crippen LogP contribution < -0.4 is 5.32 Å². The number of hydrogen-bond donors (Lipinski definition) is 1. The number of halogens is 1. The first-order valence-corrected chi connectivity index (χ1v) is 9.28. The summed E-state index contributed by atoms with van der Waals surface area (Å²) in [6, 6.07) is 15.3. The first kappa shape index (κ1) is 18.0. The number of amides is 1. The smallest absolute Gasteiger partial charge is 0.287 e. The number of nitrogens with zero attached hydrogens (tertiary/aromatic N) is 3. The largest absolute Gasteiger partial charge is 0.307 e. The van der Waals surface area contributed by atoms with Crippen molar-refractivity contribution >= 4 is 51.3 Å². The number of pyridine rings is 2. The summed E-state index contributed by atoms with van der Waals surface area (Å²) in [6.07, 6.45) is 1.10. The zero-order chi connectivity index (χ0) is 19.7. The van der Waals surface area contributed by atoms with Crippen LogP contribution in [0.1, 0.15) is 10.4 Å². The fourth-order valence-electron chi connectivity index (χ4n) is 2.69. The van der Waals surface area contributed by atoms with Crippen LogP contribution in [0.5, 0.6) is 0 Å². The minimum absolute atomic E-state index is 0.149. The number of carbonyl (C=O) groups is 1. The normalized spacial score (nSPS) is 10.8. The molecular formula is C19H11ClN4O3S. The van der Waals surface area contributed by atoms with Gasteiger partial charge in [-0.15, -0.1) is 11.3 Å². The van der Waals surface area contributed by atoms with Crippen LogP contribution in [0.25, 0.3) is 21.5 Å². The summed E-state index contributed by atoms with van der Waals surface area (Å²) in [5.41, 5.74) is 1.58. The summed E-state index contributed by atoms with van der Waals surface area (Å²) in [4.78, 5) is 32.5. The summed E-state index contributed by atoms with van der Waals surface area (Å²) in [5, 5.41) is 14.1. The average molecular weight is 411 g/mol. The summed E-state index contributed by atoms with van der Waals surface area (Å²) in [6.45, 7) is 0. The summed E-state index contributed by atoms with van der Waals surface area (Å²) in [7, 11) is 0. The van der Waals surface area contributed by atoms with Gasteiger partial charge in [-0.2, -0.15) is 0 Å². The van der Waals surface area contributed by atoms with Crippen molar-refractivity contribution in [3.05, 3.63) is 80.8 Å². The van der Waals surface area contributed by atoms with E-state index >= 15 is 0 Å². The van der Waals surface area contributed by atoms with Crippen LogP contribution in [0.4, 0.5) is 11.5 Å². The Morgan fingerprint density at radius 3 is 2.64 bits per heavy atom. The molecule has 1 aromatic carbocycles. The predicted octanol–water partition coefficient (Wildman–Crippen LogP) is 5.17. The molecule has 4 rings (SSSR count). The molecule has 0 bridgehead atoms. The maximum absolute atomic E-state index is 12.9. The molecule has 138 valence electrons. The summed E-state index contributed by atoms with van der Waals surface area (Å²) < 4.78 is 0.631. The van der Waals surface area contributed by atoms with Gasteiger partial charge in [-0.25, -0.2) is 9.97 Å². The standard InChI is InChI=1S/C19H11ClN4O3S/c20-17-7-6-16(28-17)15-9-13(12-3-1-2-4-14(12)22-15)19(25)23-18-8-5-11(10-21-18)24(26)27/h1-10H,(H,21,23,25). The van der Waals surface area contributed by atoms with Crippen molar-refractivity contribution in [2.45, 2.75) is 0 Å². The molecule has 0 spiro atoms. The van der Waals surface area contributed by atoms with E-state index in [1.807, 2.05) is 30.3 Å². The van der Waals surface area contributed by atoms with Gasteiger partial charge in [0.1, 0.15) is 12.0 Å². The third kappa shape index (κ3) is 3.55. The highest BCUT2D eigenvalue weighted by atomic mass is 35.5. The van der Waals surface area contributed by atoms with Crippen LogP contribution in [-0.2, 0) is 0 Å². The highest BCUT2D eigenvalue weighted by Gasteiger charge is 2.16. The number of benzene rings is 1. The van der Waals surface area contributed by atoms with E-state index in [0.29, 0.717) is 26.5 Å². The van der Waals surface area contributed by atoms with Gasteiger partial charge in [0.2, 0.25) is 0 Å². The SMILES string of the molecule is O=C(Nc1ccc([N+](=O)[O-])cn1)c1cc(-c2ccc(Cl)s2)nc2ccccc12. The van der Waals surface area contributed by atoms with Crippen molar-refractivity contribution in [1.82, 2.24) is 9.97 Å². The third-order valence-electron chi connectivity index (χ3n) is 3.99. The zero-order valence-corrected chi connectivity index (χ0v) is 15.7. The number of nitrogens with one attached hydrogen (secondary N) is 1. The molecule has 28 heavy (non-hydrogen) atoms. The fraction of sp³-hybridized carbons (Fsp3) is 0. The Bertz CT molecular complexity index is 1210. The number of fused-ring (bicyclic) bond motifs is 1. The molecule has 1 amide bonds. The lowest BCUT2D eigenvalue weighted by atomic mass is 10.1. The minimum atomic E-state index is -0.548. The Kier molecular flexibility index (Phi) is 4.72. The molecule has 3 aromatic heterocycles. The number of carbonyl (C=O) groups excluding carboxylic acids is 1.